The molecule has 10 nitrogen and oxygen atoms in total. The molecule has 0 amide bonds. The average molecular weight is 808 g/mol. The van der Waals surface area contributed by atoms with Crippen LogP contribution in [0.1, 0.15) is 162 Å². The molecule has 0 aliphatic carbocycles. The maximum atomic E-state index is 12.6. The second-order valence-corrected chi connectivity index (χ2v) is 15.5. The lowest BCUT2D eigenvalue weighted by atomic mass is 10.0. The molecule has 0 aromatic rings. The molecule has 0 aromatic heterocycles. The standard InChI is InChI=1S/C45H78NO9P/c1-3-5-7-9-11-13-15-17-18-20-22-24-26-28-32-37-45(49)55-43(41-54-56(50,51)53-39-38-46)40-52-44(48)36-33-29-31-35-42(47)34-30-27-25-23-21-19-16-14-12-10-8-6-4-2/h6,8,12,14,19,21,25,27,29-31,34,42-43,47H,3-5,7,9-11,13,15-18,20,22-24,26,28,32-33,35-41,46H2,1-2H3,(H,50,51)/b8-6-,14-12-,21-19-,27-25-,31-29-,34-30-/t42?,43-/m1/s1. The van der Waals surface area contributed by atoms with Crippen LogP contribution in [0, 0.1) is 0 Å². The zero-order valence-electron chi connectivity index (χ0n) is 35.0. The van der Waals surface area contributed by atoms with Crippen molar-refractivity contribution in [1.82, 2.24) is 0 Å². The van der Waals surface area contributed by atoms with Gasteiger partial charge in [0, 0.05) is 19.4 Å². The molecular formula is C45H78NO9P. The molecule has 0 heterocycles. The molecular weight excluding hydrogens is 729 g/mol. The number of aliphatic hydroxyl groups excluding tert-OH is 1. The number of carbonyl (C=O) groups excluding carboxylic acids is 2. The molecule has 0 saturated carbocycles. The lowest BCUT2D eigenvalue weighted by Gasteiger charge is -2.19. The van der Waals surface area contributed by atoms with E-state index in [2.05, 4.69) is 50.3 Å². The van der Waals surface area contributed by atoms with Gasteiger partial charge in [-0.25, -0.2) is 4.57 Å². The Bertz CT molecular complexity index is 1160. The normalized spacial score (nSPS) is 14.6. The third-order valence-electron chi connectivity index (χ3n) is 8.70. The number of hydrogen-bond acceptors (Lipinski definition) is 9. The van der Waals surface area contributed by atoms with Crippen LogP contribution in [0.15, 0.2) is 72.9 Å². The molecule has 0 bridgehead atoms. The third-order valence-corrected chi connectivity index (χ3v) is 9.68. The third kappa shape index (κ3) is 39.6. The van der Waals surface area contributed by atoms with Crippen LogP contribution in [0.5, 0.6) is 0 Å². The fourth-order valence-corrected chi connectivity index (χ4v) is 6.27. The zero-order chi connectivity index (χ0) is 41.2. The first kappa shape index (κ1) is 53.4. The Morgan fingerprint density at radius 2 is 1.20 bits per heavy atom. The molecule has 0 saturated heterocycles. The van der Waals surface area contributed by atoms with Crippen molar-refractivity contribution in [2.24, 2.45) is 5.73 Å². The van der Waals surface area contributed by atoms with Crippen LogP contribution < -0.4 is 5.73 Å². The van der Waals surface area contributed by atoms with Gasteiger partial charge in [0.1, 0.15) is 6.61 Å². The number of allylic oxidation sites excluding steroid dienone is 10. The van der Waals surface area contributed by atoms with Gasteiger partial charge in [-0.1, -0.05) is 177 Å². The number of unbranched alkanes of at least 4 members (excludes halogenated alkanes) is 14. The molecule has 4 N–H and O–H groups in total. The van der Waals surface area contributed by atoms with Crippen LogP contribution in [-0.4, -0.2) is 60.5 Å². The summed E-state index contributed by atoms with van der Waals surface area (Å²) in [6.07, 6.45) is 45.4. The summed E-state index contributed by atoms with van der Waals surface area (Å²) in [5, 5.41) is 10.2. The zero-order valence-corrected chi connectivity index (χ0v) is 35.8. The summed E-state index contributed by atoms with van der Waals surface area (Å²) in [7, 11) is -4.42. The fourth-order valence-electron chi connectivity index (χ4n) is 5.51. The predicted molar refractivity (Wildman–Crippen MR) is 230 cm³/mol. The quantitative estimate of drug-likeness (QED) is 0.0180. The summed E-state index contributed by atoms with van der Waals surface area (Å²) in [6, 6.07) is 0. The number of ether oxygens (including phenoxy) is 2. The average Bonchev–Trinajstić information content (AvgIpc) is 3.18. The van der Waals surface area contributed by atoms with Crippen LogP contribution in [0.2, 0.25) is 0 Å². The Hall–Kier alpha value is -2.59. The maximum absolute atomic E-state index is 12.6. The van der Waals surface area contributed by atoms with Gasteiger partial charge in [0.05, 0.1) is 19.3 Å². The number of hydrogen-bond donors (Lipinski definition) is 3. The first-order chi connectivity index (χ1) is 27.2. The summed E-state index contributed by atoms with van der Waals surface area (Å²) in [4.78, 5) is 34.8. The molecule has 0 radical (unpaired) electrons. The summed E-state index contributed by atoms with van der Waals surface area (Å²) < 4.78 is 32.6. The maximum Gasteiger partial charge on any atom is 0.472 e. The molecule has 56 heavy (non-hydrogen) atoms. The van der Waals surface area contributed by atoms with Crippen molar-refractivity contribution in [3.63, 3.8) is 0 Å². The monoisotopic (exact) mass is 808 g/mol. The van der Waals surface area contributed by atoms with E-state index in [-0.39, 0.29) is 32.6 Å². The SMILES string of the molecule is CC/C=C\C/C=C\C/C=C\C/C=C\C=C/C(O)C/C=C\CCC(=O)OC[C@H](COP(=O)(O)OCCN)OC(=O)CCCCCCCCCCCCCCCCC. The smallest absolute Gasteiger partial charge is 0.462 e. The molecule has 11 heteroatoms. The van der Waals surface area contributed by atoms with Gasteiger partial charge in [-0.15, -0.1) is 0 Å². The second kappa shape index (κ2) is 40.6. The van der Waals surface area contributed by atoms with E-state index < -0.39 is 38.6 Å². The van der Waals surface area contributed by atoms with E-state index >= 15 is 0 Å². The van der Waals surface area contributed by atoms with Crippen molar-refractivity contribution < 1.29 is 42.7 Å². The largest absolute Gasteiger partial charge is 0.472 e. The Morgan fingerprint density at radius 3 is 1.77 bits per heavy atom. The van der Waals surface area contributed by atoms with Gasteiger partial charge in [0.2, 0.25) is 0 Å². The van der Waals surface area contributed by atoms with Crippen molar-refractivity contribution in [3.05, 3.63) is 72.9 Å². The molecule has 0 aromatic carbocycles. The summed E-state index contributed by atoms with van der Waals surface area (Å²) in [5.74, 6) is -1.01. The minimum atomic E-state index is -4.42. The number of nitrogens with two attached hydrogens (primary N) is 1. The highest BCUT2D eigenvalue weighted by atomic mass is 31.2. The van der Waals surface area contributed by atoms with Gasteiger partial charge in [-0.05, 0) is 44.9 Å². The molecule has 0 rings (SSSR count). The van der Waals surface area contributed by atoms with E-state index in [1.54, 1.807) is 18.2 Å². The minimum absolute atomic E-state index is 0.0271. The number of phosphoric acid groups is 1. The highest BCUT2D eigenvalue weighted by molar-refractivity contribution is 7.47. The van der Waals surface area contributed by atoms with E-state index in [0.717, 1.165) is 44.9 Å². The lowest BCUT2D eigenvalue weighted by Crippen LogP contribution is -2.29. The molecule has 0 fully saturated rings. The van der Waals surface area contributed by atoms with Gasteiger partial charge in [-0.2, -0.15) is 0 Å². The van der Waals surface area contributed by atoms with Crippen LogP contribution in [0.3, 0.4) is 0 Å². The van der Waals surface area contributed by atoms with Crippen molar-refractivity contribution >= 4 is 19.8 Å². The number of carbonyl (C=O) groups is 2. The van der Waals surface area contributed by atoms with Gasteiger partial charge < -0.3 is 25.2 Å². The highest BCUT2D eigenvalue weighted by Gasteiger charge is 2.25. The number of phosphoric ester groups is 1. The van der Waals surface area contributed by atoms with E-state index in [9.17, 15) is 24.2 Å². The van der Waals surface area contributed by atoms with Crippen molar-refractivity contribution in [2.75, 3.05) is 26.4 Å². The van der Waals surface area contributed by atoms with E-state index in [0.29, 0.717) is 19.3 Å². The second-order valence-electron chi connectivity index (χ2n) is 14.0. The molecule has 2 unspecified atom stereocenters. The Labute approximate surface area is 340 Å². The highest BCUT2D eigenvalue weighted by Crippen LogP contribution is 2.43. The molecule has 3 atom stereocenters. The Balaban J connectivity index is 4.38. The first-order valence-electron chi connectivity index (χ1n) is 21.5. The Morgan fingerprint density at radius 1 is 0.643 bits per heavy atom. The van der Waals surface area contributed by atoms with E-state index in [1.165, 1.54) is 70.6 Å². The topological polar surface area (TPSA) is 155 Å². The molecule has 322 valence electrons. The summed E-state index contributed by atoms with van der Waals surface area (Å²) >= 11 is 0. The summed E-state index contributed by atoms with van der Waals surface area (Å²) in [6.45, 7) is 3.41. The van der Waals surface area contributed by atoms with Crippen LogP contribution in [-0.2, 0) is 32.7 Å². The number of aliphatic hydroxyl groups is 1. The van der Waals surface area contributed by atoms with E-state index in [4.69, 9.17) is 24.3 Å². The molecule has 0 spiro atoms. The van der Waals surface area contributed by atoms with Gasteiger partial charge in [-0.3, -0.25) is 18.6 Å². The molecule has 0 aliphatic heterocycles. The van der Waals surface area contributed by atoms with Crippen LogP contribution in [0.25, 0.3) is 0 Å². The first-order valence-corrected chi connectivity index (χ1v) is 23.0. The van der Waals surface area contributed by atoms with E-state index in [1.807, 2.05) is 18.2 Å². The van der Waals surface area contributed by atoms with Crippen molar-refractivity contribution in [3.8, 4) is 0 Å². The fraction of sp³-hybridized carbons (Fsp3) is 0.689. The number of esters is 2. The van der Waals surface area contributed by atoms with Crippen molar-refractivity contribution in [2.45, 2.75) is 174 Å². The van der Waals surface area contributed by atoms with Crippen LogP contribution >= 0.6 is 7.82 Å². The lowest BCUT2D eigenvalue weighted by molar-refractivity contribution is -0.161. The van der Waals surface area contributed by atoms with Crippen LogP contribution in [0.4, 0.5) is 0 Å². The van der Waals surface area contributed by atoms with Crippen molar-refractivity contribution in [1.29, 1.82) is 0 Å². The number of rotatable bonds is 39. The minimum Gasteiger partial charge on any atom is -0.462 e. The van der Waals surface area contributed by atoms with Gasteiger partial charge in [0.15, 0.2) is 6.10 Å². The Kier molecular flexibility index (Phi) is 38.7. The molecule has 0 aliphatic rings. The van der Waals surface area contributed by atoms with Gasteiger partial charge >= 0.3 is 19.8 Å². The van der Waals surface area contributed by atoms with Gasteiger partial charge in [0.25, 0.3) is 0 Å². The predicted octanol–water partition coefficient (Wildman–Crippen LogP) is 11.2. The summed E-state index contributed by atoms with van der Waals surface area (Å²) in [5.41, 5.74) is 5.33.